The van der Waals surface area contributed by atoms with Gasteiger partial charge in [-0.2, -0.15) is 8.78 Å². The van der Waals surface area contributed by atoms with Crippen molar-refractivity contribution in [2.45, 2.75) is 32.0 Å². The van der Waals surface area contributed by atoms with E-state index in [0.29, 0.717) is 6.04 Å². The molecule has 0 saturated carbocycles. The van der Waals surface area contributed by atoms with Crippen molar-refractivity contribution < 1.29 is 17.9 Å². The molecule has 134 valence electrons. The molecule has 0 bridgehead atoms. The molecule has 25 heavy (non-hydrogen) atoms. The molecule has 0 spiro atoms. The zero-order chi connectivity index (χ0) is 17.6. The lowest BCUT2D eigenvalue weighted by atomic mass is 10.0. The maximum Gasteiger partial charge on any atom is 0.387 e. The van der Waals surface area contributed by atoms with Gasteiger partial charge in [0.05, 0.1) is 0 Å². The van der Waals surface area contributed by atoms with E-state index in [1.165, 1.54) is 12.1 Å². The molecule has 0 unspecified atom stereocenters. The summed E-state index contributed by atoms with van der Waals surface area (Å²) in [4.78, 5) is 2.33. The quantitative estimate of drug-likeness (QED) is 0.830. The van der Waals surface area contributed by atoms with Gasteiger partial charge in [-0.15, -0.1) is 0 Å². The number of nitrogens with zero attached hydrogens (tertiary/aromatic N) is 1. The van der Waals surface area contributed by atoms with Crippen LogP contribution in [-0.2, 0) is 6.54 Å². The highest BCUT2D eigenvalue weighted by atomic mass is 19.3. The predicted octanol–water partition coefficient (Wildman–Crippen LogP) is 4.50. The minimum absolute atomic E-state index is 0.174. The zero-order valence-corrected chi connectivity index (χ0v) is 13.8. The van der Waals surface area contributed by atoms with Crippen molar-refractivity contribution in [3.05, 3.63) is 59.9 Å². The van der Waals surface area contributed by atoms with E-state index in [1.54, 1.807) is 24.3 Å². The fraction of sp³-hybridized carbons (Fsp3) is 0.368. The lowest BCUT2D eigenvalue weighted by Gasteiger charge is -2.33. The summed E-state index contributed by atoms with van der Waals surface area (Å²) in [6, 6.07) is 13.5. The first-order valence-electron chi connectivity index (χ1n) is 8.37. The van der Waals surface area contributed by atoms with E-state index in [2.05, 4.69) is 15.0 Å². The largest absolute Gasteiger partial charge is 0.435 e. The number of likely N-dealkylation sites (tertiary alicyclic amines) is 1. The standard InChI is InChI=1S/C19H21F3N2O/c20-15-5-7-16(8-6-15)23-17-2-1-11-24(13-17)12-14-3-9-18(10-4-14)25-19(21)22/h3-10,17,19,23H,1-2,11-13H2/t17-/m0/s1. The maximum atomic E-state index is 13.0. The molecule has 1 heterocycles. The van der Waals surface area contributed by atoms with Gasteiger partial charge in [0.1, 0.15) is 11.6 Å². The monoisotopic (exact) mass is 350 g/mol. The summed E-state index contributed by atoms with van der Waals surface area (Å²) in [5.74, 6) is -0.0664. The van der Waals surface area contributed by atoms with Crippen LogP contribution in [0.4, 0.5) is 18.9 Å². The summed E-state index contributed by atoms with van der Waals surface area (Å²) < 4.78 is 41.7. The molecular formula is C19H21F3N2O. The molecule has 0 aliphatic carbocycles. The Morgan fingerprint density at radius 1 is 1.08 bits per heavy atom. The van der Waals surface area contributed by atoms with Crippen LogP contribution in [0, 0.1) is 5.82 Å². The number of benzene rings is 2. The average molecular weight is 350 g/mol. The van der Waals surface area contributed by atoms with Crippen molar-refractivity contribution >= 4 is 5.69 Å². The van der Waals surface area contributed by atoms with Gasteiger partial charge in [-0.05, 0) is 61.3 Å². The van der Waals surface area contributed by atoms with Gasteiger partial charge in [0.25, 0.3) is 0 Å². The van der Waals surface area contributed by atoms with Crippen molar-refractivity contribution in [2.24, 2.45) is 0 Å². The molecule has 1 N–H and O–H groups in total. The van der Waals surface area contributed by atoms with E-state index >= 15 is 0 Å². The van der Waals surface area contributed by atoms with Crippen LogP contribution in [-0.4, -0.2) is 30.6 Å². The maximum absolute atomic E-state index is 13.0. The first kappa shape index (κ1) is 17.6. The number of piperidine rings is 1. The number of alkyl halides is 2. The molecule has 1 saturated heterocycles. The highest BCUT2D eigenvalue weighted by Gasteiger charge is 2.20. The minimum atomic E-state index is -2.80. The third kappa shape index (κ3) is 5.39. The molecule has 0 amide bonds. The van der Waals surface area contributed by atoms with E-state index < -0.39 is 6.61 Å². The molecule has 2 aromatic carbocycles. The molecule has 1 fully saturated rings. The molecule has 6 heteroatoms. The van der Waals surface area contributed by atoms with E-state index in [1.807, 2.05) is 12.1 Å². The number of ether oxygens (including phenoxy) is 1. The van der Waals surface area contributed by atoms with Gasteiger partial charge in [-0.1, -0.05) is 12.1 Å². The van der Waals surface area contributed by atoms with Gasteiger partial charge in [0, 0.05) is 24.8 Å². The van der Waals surface area contributed by atoms with Crippen LogP contribution in [0.1, 0.15) is 18.4 Å². The summed E-state index contributed by atoms with van der Waals surface area (Å²) in [5.41, 5.74) is 1.98. The Balaban J connectivity index is 1.53. The molecule has 1 aliphatic heterocycles. The van der Waals surface area contributed by atoms with Crippen LogP contribution in [0.5, 0.6) is 5.75 Å². The molecule has 0 aromatic heterocycles. The molecule has 2 aromatic rings. The topological polar surface area (TPSA) is 24.5 Å². The first-order valence-corrected chi connectivity index (χ1v) is 8.37. The van der Waals surface area contributed by atoms with Gasteiger partial charge >= 0.3 is 6.61 Å². The van der Waals surface area contributed by atoms with Crippen molar-refractivity contribution in [1.82, 2.24) is 4.90 Å². The van der Waals surface area contributed by atoms with E-state index in [0.717, 1.165) is 43.7 Å². The highest BCUT2D eigenvalue weighted by molar-refractivity contribution is 5.44. The third-order valence-corrected chi connectivity index (χ3v) is 4.28. The summed E-state index contributed by atoms with van der Waals surface area (Å²) in [6.07, 6.45) is 2.14. The van der Waals surface area contributed by atoms with E-state index in [-0.39, 0.29) is 11.6 Å². The normalized spacial score (nSPS) is 18.3. The van der Waals surface area contributed by atoms with Crippen molar-refractivity contribution in [3.63, 3.8) is 0 Å². The van der Waals surface area contributed by atoms with Crippen LogP contribution < -0.4 is 10.1 Å². The molecular weight excluding hydrogens is 329 g/mol. The van der Waals surface area contributed by atoms with Gasteiger partial charge in [-0.25, -0.2) is 4.39 Å². The Labute approximate surface area is 145 Å². The fourth-order valence-corrected chi connectivity index (χ4v) is 3.13. The number of hydrogen-bond acceptors (Lipinski definition) is 3. The second-order valence-corrected chi connectivity index (χ2v) is 6.25. The summed E-state index contributed by atoms with van der Waals surface area (Å²) in [7, 11) is 0. The van der Waals surface area contributed by atoms with Gasteiger partial charge < -0.3 is 10.1 Å². The summed E-state index contributed by atoms with van der Waals surface area (Å²) in [6.45, 7) is -0.161. The van der Waals surface area contributed by atoms with Crippen LogP contribution in [0.15, 0.2) is 48.5 Å². The van der Waals surface area contributed by atoms with Gasteiger partial charge in [0.2, 0.25) is 0 Å². The Morgan fingerprint density at radius 2 is 1.80 bits per heavy atom. The molecule has 0 radical (unpaired) electrons. The average Bonchev–Trinajstić information content (AvgIpc) is 2.59. The van der Waals surface area contributed by atoms with Crippen LogP contribution in [0.2, 0.25) is 0 Å². The second-order valence-electron chi connectivity index (χ2n) is 6.25. The van der Waals surface area contributed by atoms with Crippen LogP contribution >= 0.6 is 0 Å². The van der Waals surface area contributed by atoms with Crippen molar-refractivity contribution in [1.29, 1.82) is 0 Å². The Hall–Kier alpha value is -2.21. The number of hydrogen-bond donors (Lipinski definition) is 1. The zero-order valence-electron chi connectivity index (χ0n) is 13.8. The van der Waals surface area contributed by atoms with Crippen LogP contribution in [0.3, 0.4) is 0 Å². The lowest BCUT2D eigenvalue weighted by Crippen LogP contribution is -2.41. The molecule has 3 rings (SSSR count). The number of rotatable bonds is 6. The van der Waals surface area contributed by atoms with Crippen LogP contribution in [0.25, 0.3) is 0 Å². The Kier molecular flexibility index (Phi) is 5.81. The second kappa shape index (κ2) is 8.25. The first-order chi connectivity index (χ1) is 12.1. The van der Waals surface area contributed by atoms with Gasteiger partial charge in [0.15, 0.2) is 0 Å². The molecule has 3 nitrogen and oxygen atoms in total. The van der Waals surface area contributed by atoms with Crippen molar-refractivity contribution in [2.75, 3.05) is 18.4 Å². The Bertz CT molecular complexity index is 661. The lowest BCUT2D eigenvalue weighted by molar-refractivity contribution is -0.0498. The summed E-state index contributed by atoms with van der Waals surface area (Å²) in [5, 5.41) is 3.44. The Morgan fingerprint density at radius 3 is 2.48 bits per heavy atom. The SMILES string of the molecule is Fc1ccc(N[C@H]2CCCN(Cc3ccc(OC(F)F)cc3)C2)cc1. The van der Waals surface area contributed by atoms with Crippen molar-refractivity contribution in [3.8, 4) is 5.75 Å². The molecule has 1 atom stereocenters. The third-order valence-electron chi connectivity index (χ3n) is 4.28. The van der Waals surface area contributed by atoms with E-state index in [4.69, 9.17) is 0 Å². The van der Waals surface area contributed by atoms with Gasteiger partial charge in [-0.3, -0.25) is 4.90 Å². The number of anilines is 1. The fourth-order valence-electron chi connectivity index (χ4n) is 3.13. The van der Waals surface area contributed by atoms with E-state index in [9.17, 15) is 13.2 Å². The predicted molar refractivity (Wildman–Crippen MR) is 91.4 cm³/mol. The summed E-state index contributed by atoms with van der Waals surface area (Å²) >= 11 is 0. The smallest absolute Gasteiger partial charge is 0.387 e. The highest BCUT2D eigenvalue weighted by Crippen LogP contribution is 2.20. The minimum Gasteiger partial charge on any atom is -0.435 e. The number of halogens is 3. The number of nitrogens with one attached hydrogen (secondary N) is 1. The molecule has 1 aliphatic rings.